The van der Waals surface area contributed by atoms with Gasteiger partial charge in [-0.25, -0.2) is 0 Å². The van der Waals surface area contributed by atoms with Crippen molar-refractivity contribution in [3.8, 4) is 0 Å². The molecular weight excluding hydrogens is 320 g/mol. The highest BCUT2D eigenvalue weighted by Crippen LogP contribution is 2.41. The summed E-state index contributed by atoms with van der Waals surface area (Å²) in [5.41, 5.74) is 0.423. The Hall–Kier alpha value is 0.1000. The lowest BCUT2D eigenvalue weighted by atomic mass is 9.78. The van der Waals surface area contributed by atoms with Gasteiger partial charge in [0.15, 0.2) is 0 Å². The van der Waals surface area contributed by atoms with Crippen LogP contribution < -0.4 is 5.32 Å². The van der Waals surface area contributed by atoms with Gasteiger partial charge in [0.2, 0.25) is 0 Å². The normalized spacial score (nSPS) is 25.6. The number of thiophene rings is 1. The van der Waals surface area contributed by atoms with Crippen LogP contribution in [0.5, 0.6) is 0 Å². The molecule has 1 atom stereocenters. The predicted molar refractivity (Wildman–Crippen MR) is 85.8 cm³/mol. The topological polar surface area (TPSA) is 15.3 Å². The van der Waals surface area contributed by atoms with Crippen LogP contribution in [-0.2, 0) is 0 Å². The smallest absolute Gasteiger partial charge is 0.0420 e. The molecule has 1 aliphatic heterocycles. The van der Waals surface area contributed by atoms with Crippen LogP contribution in [0.25, 0.3) is 0 Å². The number of halogens is 1. The van der Waals surface area contributed by atoms with Gasteiger partial charge in [0.1, 0.15) is 0 Å². The van der Waals surface area contributed by atoms with Crippen molar-refractivity contribution in [2.45, 2.75) is 50.6 Å². The average molecular weight is 343 g/mol. The molecule has 4 heteroatoms. The standard InChI is InChI=1S/C15H23BrN2S/c1-12(14-9-13(16)10-19-14)18-8-7-17-11-15(18)5-3-2-4-6-15/h9-10,12,17H,2-8,11H2,1H3. The molecule has 2 aliphatic rings. The number of nitrogens with one attached hydrogen (secondary N) is 1. The van der Waals surface area contributed by atoms with Gasteiger partial charge in [-0.2, -0.15) is 0 Å². The van der Waals surface area contributed by atoms with Crippen molar-refractivity contribution in [2.75, 3.05) is 19.6 Å². The Labute approximate surface area is 128 Å². The van der Waals surface area contributed by atoms with E-state index >= 15 is 0 Å². The van der Waals surface area contributed by atoms with E-state index in [1.54, 1.807) is 0 Å². The fraction of sp³-hybridized carbons (Fsp3) is 0.733. The lowest BCUT2D eigenvalue weighted by Crippen LogP contribution is -2.62. The third-order valence-corrected chi connectivity index (χ3v) is 6.71. The van der Waals surface area contributed by atoms with E-state index in [0.29, 0.717) is 11.6 Å². The highest BCUT2D eigenvalue weighted by atomic mass is 79.9. The molecule has 0 bridgehead atoms. The second-order valence-electron chi connectivity index (χ2n) is 6.00. The van der Waals surface area contributed by atoms with E-state index in [-0.39, 0.29) is 0 Å². The fourth-order valence-electron chi connectivity index (χ4n) is 3.84. The Morgan fingerprint density at radius 3 is 2.84 bits per heavy atom. The molecule has 2 nitrogen and oxygen atoms in total. The maximum absolute atomic E-state index is 3.64. The molecule has 3 rings (SSSR count). The fourth-order valence-corrected chi connectivity index (χ4v) is 5.35. The molecule has 0 amide bonds. The van der Waals surface area contributed by atoms with Crippen LogP contribution in [0.4, 0.5) is 0 Å². The summed E-state index contributed by atoms with van der Waals surface area (Å²) in [5, 5.41) is 5.85. The van der Waals surface area contributed by atoms with Crippen molar-refractivity contribution in [1.29, 1.82) is 0 Å². The molecule has 1 spiro atoms. The minimum Gasteiger partial charge on any atom is -0.314 e. The molecule has 106 valence electrons. The Bertz CT molecular complexity index is 417. The summed E-state index contributed by atoms with van der Waals surface area (Å²) in [4.78, 5) is 4.29. The summed E-state index contributed by atoms with van der Waals surface area (Å²) in [6.45, 7) is 5.90. The van der Waals surface area contributed by atoms with Crippen molar-refractivity contribution < 1.29 is 0 Å². The molecule has 0 aromatic carbocycles. The van der Waals surface area contributed by atoms with Crippen LogP contribution in [0.2, 0.25) is 0 Å². The molecular formula is C15H23BrN2S. The molecule has 1 aromatic heterocycles. The van der Waals surface area contributed by atoms with Crippen LogP contribution in [-0.4, -0.2) is 30.1 Å². The zero-order chi connectivity index (χ0) is 13.3. The molecule has 19 heavy (non-hydrogen) atoms. The van der Waals surface area contributed by atoms with Gasteiger partial charge < -0.3 is 5.32 Å². The molecule has 1 aliphatic carbocycles. The van der Waals surface area contributed by atoms with E-state index < -0.39 is 0 Å². The lowest BCUT2D eigenvalue weighted by molar-refractivity contribution is -0.00176. The Kier molecular flexibility index (Phi) is 4.32. The summed E-state index contributed by atoms with van der Waals surface area (Å²) in [6, 6.07) is 2.85. The van der Waals surface area contributed by atoms with Gasteiger partial charge in [-0.3, -0.25) is 4.90 Å². The summed E-state index contributed by atoms with van der Waals surface area (Å²) >= 11 is 5.48. The van der Waals surface area contributed by atoms with Gasteiger partial charge in [0.05, 0.1) is 0 Å². The van der Waals surface area contributed by atoms with E-state index in [2.05, 4.69) is 44.5 Å². The first-order valence-electron chi connectivity index (χ1n) is 7.43. The van der Waals surface area contributed by atoms with Crippen molar-refractivity contribution in [3.63, 3.8) is 0 Å². The van der Waals surface area contributed by atoms with Gasteiger partial charge in [0, 0.05) is 45.9 Å². The van der Waals surface area contributed by atoms with Crippen LogP contribution in [0.1, 0.15) is 49.9 Å². The number of hydrogen-bond acceptors (Lipinski definition) is 3. The van der Waals surface area contributed by atoms with E-state index in [1.165, 1.54) is 54.5 Å². The summed E-state index contributed by atoms with van der Waals surface area (Å²) in [6.07, 6.45) is 6.97. The maximum atomic E-state index is 3.64. The van der Waals surface area contributed by atoms with Gasteiger partial charge in [-0.05, 0) is 41.8 Å². The number of rotatable bonds is 2. The van der Waals surface area contributed by atoms with E-state index in [1.807, 2.05) is 11.3 Å². The summed E-state index contributed by atoms with van der Waals surface area (Å²) in [7, 11) is 0. The van der Waals surface area contributed by atoms with Crippen molar-refractivity contribution in [3.05, 3.63) is 20.8 Å². The van der Waals surface area contributed by atoms with Gasteiger partial charge >= 0.3 is 0 Å². The quantitative estimate of drug-likeness (QED) is 0.867. The van der Waals surface area contributed by atoms with Crippen molar-refractivity contribution in [1.82, 2.24) is 10.2 Å². The Morgan fingerprint density at radius 2 is 2.16 bits per heavy atom. The van der Waals surface area contributed by atoms with E-state index in [9.17, 15) is 0 Å². The number of hydrogen-bond donors (Lipinski definition) is 1. The highest BCUT2D eigenvalue weighted by Gasteiger charge is 2.42. The maximum Gasteiger partial charge on any atom is 0.0420 e. The molecule has 1 N–H and O–H groups in total. The average Bonchev–Trinajstić information content (AvgIpc) is 2.86. The molecule has 1 saturated carbocycles. The summed E-state index contributed by atoms with van der Waals surface area (Å²) in [5.74, 6) is 0. The molecule has 2 fully saturated rings. The summed E-state index contributed by atoms with van der Waals surface area (Å²) < 4.78 is 1.23. The Morgan fingerprint density at radius 1 is 1.37 bits per heavy atom. The van der Waals surface area contributed by atoms with Crippen LogP contribution in [0.3, 0.4) is 0 Å². The SMILES string of the molecule is CC(c1cc(Br)cs1)N1CCNCC12CCCCC2. The van der Waals surface area contributed by atoms with Crippen LogP contribution in [0, 0.1) is 0 Å². The zero-order valence-corrected chi connectivity index (χ0v) is 14.0. The van der Waals surface area contributed by atoms with Crippen molar-refractivity contribution >= 4 is 27.3 Å². The van der Waals surface area contributed by atoms with E-state index in [4.69, 9.17) is 0 Å². The molecule has 0 radical (unpaired) electrons. The second-order valence-corrected chi connectivity index (χ2v) is 7.86. The van der Waals surface area contributed by atoms with E-state index in [0.717, 1.165) is 6.54 Å². The molecule has 1 unspecified atom stereocenters. The number of nitrogens with zero attached hydrogens (tertiary/aromatic N) is 1. The highest BCUT2D eigenvalue weighted by molar-refractivity contribution is 9.10. The Balaban J connectivity index is 1.83. The largest absolute Gasteiger partial charge is 0.314 e. The number of piperazine rings is 1. The minimum absolute atomic E-state index is 0.423. The van der Waals surface area contributed by atoms with Crippen molar-refractivity contribution in [2.24, 2.45) is 0 Å². The first kappa shape index (κ1) is 14.1. The first-order chi connectivity index (χ1) is 9.21. The molecule has 1 aromatic rings. The third-order valence-electron chi connectivity index (χ3n) is 4.84. The predicted octanol–water partition coefficient (Wildman–Crippen LogP) is 4.18. The third kappa shape index (κ3) is 2.78. The monoisotopic (exact) mass is 342 g/mol. The van der Waals surface area contributed by atoms with Gasteiger partial charge in [-0.15, -0.1) is 11.3 Å². The van der Waals surface area contributed by atoms with Crippen LogP contribution >= 0.6 is 27.3 Å². The van der Waals surface area contributed by atoms with Gasteiger partial charge in [0.25, 0.3) is 0 Å². The second kappa shape index (κ2) is 5.84. The first-order valence-corrected chi connectivity index (χ1v) is 9.10. The minimum atomic E-state index is 0.423. The zero-order valence-electron chi connectivity index (χ0n) is 11.6. The molecule has 1 saturated heterocycles. The van der Waals surface area contributed by atoms with Crippen LogP contribution in [0.15, 0.2) is 15.9 Å². The lowest BCUT2D eigenvalue weighted by Gasteiger charge is -2.52. The molecule has 2 heterocycles. The van der Waals surface area contributed by atoms with Gasteiger partial charge in [-0.1, -0.05) is 19.3 Å².